The Balaban J connectivity index is 3.04. The Bertz CT molecular complexity index is 436. The van der Waals surface area contributed by atoms with Crippen molar-refractivity contribution in [3.05, 3.63) is 16.3 Å². The third-order valence-corrected chi connectivity index (χ3v) is 3.23. The standard InChI is InChI=1S/C12H19ClN4O/c1-4-5-6-17(7-10(14)18)12-9(3)8(2)11(13)15-16-12/h4-7H2,1-3H3,(H2,14,18). The van der Waals surface area contributed by atoms with E-state index in [0.717, 1.165) is 30.5 Å². The van der Waals surface area contributed by atoms with Crippen molar-refractivity contribution in [2.24, 2.45) is 5.73 Å². The van der Waals surface area contributed by atoms with Crippen LogP contribution in [0.1, 0.15) is 30.9 Å². The summed E-state index contributed by atoms with van der Waals surface area (Å²) in [5.41, 5.74) is 7.09. The van der Waals surface area contributed by atoms with Gasteiger partial charge < -0.3 is 10.6 Å². The van der Waals surface area contributed by atoms with E-state index in [4.69, 9.17) is 17.3 Å². The molecule has 0 aromatic carbocycles. The number of amides is 1. The number of nitrogens with two attached hydrogens (primary N) is 1. The van der Waals surface area contributed by atoms with Crippen molar-refractivity contribution in [2.75, 3.05) is 18.0 Å². The van der Waals surface area contributed by atoms with Gasteiger partial charge in [-0.05, 0) is 31.4 Å². The van der Waals surface area contributed by atoms with E-state index in [2.05, 4.69) is 17.1 Å². The van der Waals surface area contributed by atoms with E-state index in [0.29, 0.717) is 11.0 Å². The molecule has 0 unspecified atom stereocenters. The van der Waals surface area contributed by atoms with Crippen molar-refractivity contribution in [1.82, 2.24) is 10.2 Å². The molecule has 0 aliphatic carbocycles. The first-order chi connectivity index (χ1) is 8.47. The topological polar surface area (TPSA) is 72.1 Å². The molecule has 0 bridgehead atoms. The summed E-state index contributed by atoms with van der Waals surface area (Å²) in [5, 5.41) is 8.37. The number of carbonyl (C=O) groups excluding carboxylic acids is 1. The lowest BCUT2D eigenvalue weighted by Crippen LogP contribution is -2.35. The van der Waals surface area contributed by atoms with Gasteiger partial charge in [0.05, 0.1) is 6.54 Å². The quantitative estimate of drug-likeness (QED) is 0.856. The van der Waals surface area contributed by atoms with Gasteiger partial charge in [-0.15, -0.1) is 10.2 Å². The summed E-state index contributed by atoms with van der Waals surface area (Å²) in [6, 6.07) is 0. The highest BCUT2D eigenvalue weighted by atomic mass is 35.5. The predicted octanol–water partition coefficient (Wildman–Crippen LogP) is 1.84. The van der Waals surface area contributed by atoms with Gasteiger partial charge in [-0.1, -0.05) is 24.9 Å². The lowest BCUT2D eigenvalue weighted by molar-refractivity contribution is -0.116. The van der Waals surface area contributed by atoms with Crippen LogP contribution >= 0.6 is 11.6 Å². The van der Waals surface area contributed by atoms with Crippen LogP contribution in [0.25, 0.3) is 0 Å². The Hall–Kier alpha value is -1.36. The van der Waals surface area contributed by atoms with Gasteiger partial charge in [0.25, 0.3) is 0 Å². The third kappa shape index (κ3) is 3.57. The maximum absolute atomic E-state index is 11.1. The van der Waals surface area contributed by atoms with Gasteiger partial charge in [0.2, 0.25) is 5.91 Å². The van der Waals surface area contributed by atoms with Crippen LogP contribution < -0.4 is 10.6 Å². The fourth-order valence-corrected chi connectivity index (χ4v) is 1.84. The molecule has 0 saturated carbocycles. The van der Waals surface area contributed by atoms with E-state index in [1.807, 2.05) is 18.7 Å². The summed E-state index contributed by atoms with van der Waals surface area (Å²) < 4.78 is 0. The van der Waals surface area contributed by atoms with Gasteiger partial charge >= 0.3 is 0 Å². The first-order valence-electron chi connectivity index (χ1n) is 6.00. The lowest BCUT2D eigenvalue weighted by atomic mass is 10.2. The van der Waals surface area contributed by atoms with Crippen LogP contribution in [0.3, 0.4) is 0 Å². The molecule has 0 aliphatic heterocycles. The first kappa shape index (κ1) is 14.7. The molecule has 0 atom stereocenters. The normalized spacial score (nSPS) is 10.4. The molecule has 1 heterocycles. The minimum Gasteiger partial charge on any atom is -0.368 e. The highest BCUT2D eigenvalue weighted by Gasteiger charge is 2.16. The molecule has 0 fully saturated rings. The van der Waals surface area contributed by atoms with Gasteiger partial charge in [0, 0.05) is 6.54 Å². The first-order valence-corrected chi connectivity index (χ1v) is 6.37. The molecule has 0 saturated heterocycles. The Morgan fingerprint density at radius 2 is 2.00 bits per heavy atom. The molecule has 100 valence electrons. The second-order valence-corrected chi connectivity index (χ2v) is 4.66. The third-order valence-electron chi connectivity index (χ3n) is 2.87. The maximum Gasteiger partial charge on any atom is 0.236 e. The molecule has 6 heteroatoms. The van der Waals surface area contributed by atoms with E-state index in [9.17, 15) is 4.79 Å². The Morgan fingerprint density at radius 1 is 1.33 bits per heavy atom. The highest BCUT2D eigenvalue weighted by molar-refractivity contribution is 6.30. The SMILES string of the molecule is CCCCN(CC(N)=O)c1nnc(Cl)c(C)c1C. The monoisotopic (exact) mass is 270 g/mol. The van der Waals surface area contributed by atoms with Crippen LogP contribution in [0.15, 0.2) is 0 Å². The van der Waals surface area contributed by atoms with Crippen molar-refractivity contribution in [1.29, 1.82) is 0 Å². The Labute approximate surface area is 112 Å². The molecule has 1 rings (SSSR count). The summed E-state index contributed by atoms with van der Waals surface area (Å²) in [4.78, 5) is 13.0. The number of aromatic nitrogens is 2. The van der Waals surface area contributed by atoms with Crippen LogP contribution in [0.4, 0.5) is 5.82 Å². The summed E-state index contributed by atoms with van der Waals surface area (Å²) in [6.45, 7) is 6.78. The summed E-state index contributed by atoms with van der Waals surface area (Å²) >= 11 is 5.92. The lowest BCUT2D eigenvalue weighted by Gasteiger charge is -2.23. The van der Waals surface area contributed by atoms with E-state index in [-0.39, 0.29) is 12.5 Å². The van der Waals surface area contributed by atoms with Gasteiger partial charge in [-0.25, -0.2) is 0 Å². The number of hydrogen-bond acceptors (Lipinski definition) is 4. The van der Waals surface area contributed by atoms with Crippen molar-refractivity contribution in [3.63, 3.8) is 0 Å². The maximum atomic E-state index is 11.1. The molecule has 1 aromatic rings. The van der Waals surface area contributed by atoms with Crippen molar-refractivity contribution >= 4 is 23.3 Å². The van der Waals surface area contributed by atoms with Crippen molar-refractivity contribution in [2.45, 2.75) is 33.6 Å². The number of halogens is 1. The van der Waals surface area contributed by atoms with E-state index in [1.54, 1.807) is 0 Å². The highest BCUT2D eigenvalue weighted by Crippen LogP contribution is 2.23. The van der Waals surface area contributed by atoms with Crippen molar-refractivity contribution < 1.29 is 4.79 Å². The molecule has 0 aliphatic rings. The van der Waals surface area contributed by atoms with Crippen LogP contribution in [-0.4, -0.2) is 29.2 Å². The number of rotatable bonds is 6. The van der Waals surface area contributed by atoms with Gasteiger partial charge in [-0.2, -0.15) is 0 Å². The fourth-order valence-electron chi connectivity index (χ4n) is 1.66. The molecule has 2 N–H and O–H groups in total. The smallest absolute Gasteiger partial charge is 0.236 e. The van der Waals surface area contributed by atoms with Gasteiger partial charge in [0.1, 0.15) is 0 Å². The predicted molar refractivity (Wildman–Crippen MR) is 72.8 cm³/mol. The zero-order valence-corrected chi connectivity index (χ0v) is 11.8. The largest absolute Gasteiger partial charge is 0.368 e. The van der Waals surface area contributed by atoms with Crippen LogP contribution in [0, 0.1) is 13.8 Å². The molecule has 18 heavy (non-hydrogen) atoms. The van der Waals surface area contributed by atoms with E-state index >= 15 is 0 Å². The summed E-state index contributed by atoms with van der Waals surface area (Å²) in [6.07, 6.45) is 2.00. The second kappa shape index (κ2) is 6.54. The molecule has 1 amide bonds. The molecule has 5 nitrogen and oxygen atoms in total. The summed E-state index contributed by atoms with van der Waals surface area (Å²) in [7, 11) is 0. The number of nitrogens with zero attached hydrogens (tertiary/aromatic N) is 3. The molecule has 0 spiro atoms. The number of anilines is 1. The Kier molecular flexibility index (Phi) is 5.34. The van der Waals surface area contributed by atoms with E-state index < -0.39 is 0 Å². The number of unbranched alkanes of at least 4 members (excludes halogenated alkanes) is 1. The second-order valence-electron chi connectivity index (χ2n) is 4.31. The molecule has 0 radical (unpaired) electrons. The van der Waals surface area contributed by atoms with Crippen LogP contribution in [0.5, 0.6) is 0 Å². The minimum absolute atomic E-state index is 0.149. The molecule has 1 aromatic heterocycles. The number of primary amides is 1. The minimum atomic E-state index is -0.375. The summed E-state index contributed by atoms with van der Waals surface area (Å²) in [5.74, 6) is 0.309. The average molecular weight is 271 g/mol. The zero-order chi connectivity index (χ0) is 13.7. The number of carbonyl (C=O) groups is 1. The number of hydrogen-bond donors (Lipinski definition) is 1. The fraction of sp³-hybridized carbons (Fsp3) is 0.583. The van der Waals surface area contributed by atoms with Gasteiger partial charge in [-0.3, -0.25) is 4.79 Å². The van der Waals surface area contributed by atoms with Crippen molar-refractivity contribution in [3.8, 4) is 0 Å². The molecular formula is C12H19ClN4O. The Morgan fingerprint density at radius 3 is 2.56 bits per heavy atom. The average Bonchev–Trinajstić information content (AvgIpc) is 2.31. The van der Waals surface area contributed by atoms with Crippen LogP contribution in [-0.2, 0) is 4.79 Å². The zero-order valence-electron chi connectivity index (χ0n) is 11.0. The van der Waals surface area contributed by atoms with Gasteiger partial charge in [0.15, 0.2) is 11.0 Å². The molecular weight excluding hydrogens is 252 g/mol. The van der Waals surface area contributed by atoms with E-state index in [1.165, 1.54) is 0 Å². The van der Waals surface area contributed by atoms with Crippen LogP contribution in [0.2, 0.25) is 5.15 Å².